The maximum Gasteiger partial charge on any atom is 0.461 e. The minimum atomic E-state index is -4.53. The number of nitrogens with one attached hydrogen (secondary N) is 2. The molecular formula is C20H25FN7O7P. The van der Waals surface area contributed by atoms with Gasteiger partial charge in [0.2, 0.25) is 12.2 Å². The van der Waals surface area contributed by atoms with E-state index in [-0.39, 0.29) is 28.7 Å². The number of hydrogen-bond donors (Lipinski definition) is 5. The number of nitrogens with two attached hydrogens (primary N) is 1. The van der Waals surface area contributed by atoms with Crippen LogP contribution >= 0.6 is 7.75 Å². The highest BCUT2D eigenvalue weighted by Gasteiger charge is 2.58. The SMILES string of the molecule is CNc1nc(N)nc2c1ncn2[C@@H]1O[C@H](O[P@@](=O)(N[C@@H](C)C(=O)O)Oc2ccccc2)[C@@H](O)[C@@]1(C)F. The van der Waals surface area contributed by atoms with Gasteiger partial charge in [-0.3, -0.25) is 13.9 Å². The Morgan fingerprint density at radius 2 is 2.06 bits per heavy atom. The molecule has 14 nitrogen and oxygen atoms in total. The summed E-state index contributed by atoms with van der Waals surface area (Å²) in [5.74, 6) is -1.10. The van der Waals surface area contributed by atoms with E-state index < -0.39 is 44.0 Å². The van der Waals surface area contributed by atoms with Crippen molar-refractivity contribution >= 4 is 36.6 Å². The van der Waals surface area contributed by atoms with Crippen LogP contribution in [0.3, 0.4) is 0 Å². The lowest BCUT2D eigenvalue weighted by molar-refractivity contribution is -0.139. The topological polar surface area (TPSA) is 196 Å². The van der Waals surface area contributed by atoms with Crippen LogP contribution in [0.1, 0.15) is 20.1 Å². The van der Waals surface area contributed by atoms with E-state index in [1.807, 2.05) is 0 Å². The Morgan fingerprint density at radius 3 is 2.69 bits per heavy atom. The van der Waals surface area contributed by atoms with Crippen molar-refractivity contribution in [3.05, 3.63) is 36.7 Å². The summed E-state index contributed by atoms with van der Waals surface area (Å²) in [5, 5.41) is 25.1. The molecule has 0 spiro atoms. The molecule has 0 aliphatic carbocycles. The molecule has 0 saturated carbocycles. The molecule has 1 saturated heterocycles. The van der Waals surface area contributed by atoms with Gasteiger partial charge in [0.15, 0.2) is 28.9 Å². The molecule has 1 aromatic carbocycles. The Labute approximate surface area is 204 Å². The lowest BCUT2D eigenvalue weighted by Crippen LogP contribution is -2.41. The van der Waals surface area contributed by atoms with Crippen LogP contribution in [0.25, 0.3) is 11.2 Å². The van der Waals surface area contributed by atoms with Gasteiger partial charge >= 0.3 is 13.7 Å². The number of carbonyl (C=O) groups is 1. The second kappa shape index (κ2) is 9.59. The van der Waals surface area contributed by atoms with Gasteiger partial charge in [0.05, 0.1) is 6.33 Å². The highest BCUT2D eigenvalue weighted by Crippen LogP contribution is 2.51. The molecule has 1 aliphatic rings. The normalized spacial score (nSPS) is 26.4. The third kappa shape index (κ3) is 4.83. The van der Waals surface area contributed by atoms with Gasteiger partial charge in [-0.2, -0.15) is 15.1 Å². The first-order chi connectivity index (χ1) is 16.9. The Kier molecular flexibility index (Phi) is 6.86. The molecule has 1 aliphatic heterocycles. The molecule has 194 valence electrons. The van der Waals surface area contributed by atoms with Crippen molar-refractivity contribution in [3.63, 3.8) is 0 Å². The smallest absolute Gasteiger partial charge is 0.461 e. The van der Waals surface area contributed by atoms with Crippen molar-refractivity contribution in [1.29, 1.82) is 0 Å². The summed E-state index contributed by atoms with van der Waals surface area (Å²) in [6, 6.07) is 6.39. The Morgan fingerprint density at radius 1 is 1.36 bits per heavy atom. The molecule has 36 heavy (non-hydrogen) atoms. The van der Waals surface area contributed by atoms with Gasteiger partial charge in [0.1, 0.15) is 17.9 Å². The maximum absolute atomic E-state index is 15.8. The van der Waals surface area contributed by atoms with E-state index >= 15 is 4.39 Å². The summed E-state index contributed by atoms with van der Waals surface area (Å²) in [6.07, 6.45) is -4.14. The van der Waals surface area contributed by atoms with E-state index in [1.165, 1.54) is 30.0 Å². The third-order valence-electron chi connectivity index (χ3n) is 5.44. The quantitative estimate of drug-likeness (QED) is 0.253. The zero-order valence-corrected chi connectivity index (χ0v) is 20.3. The van der Waals surface area contributed by atoms with E-state index in [1.54, 1.807) is 25.2 Å². The lowest BCUT2D eigenvalue weighted by atomic mass is 10.0. The number of aliphatic hydroxyl groups is 1. The number of imidazole rings is 1. The van der Waals surface area contributed by atoms with Gasteiger partial charge < -0.3 is 30.5 Å². The van der Waals surface area contributed by atoms with Gasteiger partial charge in [-0.1, -0.05) is 18.2 Å². The van der Waals surface area contributed by atoms with Crippen LogP contribution < -0.4 is 20.7 Å². The average Bonchev–Trinajstić information content (AvgIpc) is 3.32. The molecular weight excluding hydrogens is 500 g/mol. The van der Waals surface area contributed by atoms with Gasteiger partial charge in [0.25, 0.3) is 0 Å². The zero-order chi connectivity index (χ0) is 26.3. The van der Waals surface area contributed by atoms with E-state index in [0.29, 0.717) is 0 Å². The molecule has 6 atom stereocenters. The van der Waals surface area contributed by atoms with Crippen LogP contribution in [0.15, 0.2) is 36.7 Å². The molecule has 2 aromatic heterocycles. The largest absolute Gasteiger partial charge is 0.480 e. The number of aromatic nitrogens is 4. The number of nitrogens with zero attached hydrogens (tertiary/aromatic N) is 4. The Bertz CT molecular complexity index is 1310. The van der Waals surface area contributed by atoms with Crippen LogP contribution in [0.5, 0.6) is 5.75 Å². The molecule has 1 fully saturated rings. The van der Waals surface area contributed by atoms with Gasteiger partial charge in [0, 0.05) is 7.05 Å². The first-order valence-corrected chi connectivity index (χ1v) is 12.2. The average molecular weight is 525 g/mol. The number of carboxylic acid groups (broad SMARTS) is 1. The van der Waals surface area contributed by atoms with Crippen molar-refractivity contribution in [3.8, 4) is 5.75 Å². The van der Waals surface area contributed by atoms with E-state index in [2.05, 4.69) is 25.4 Å². The number of benzene rings is 1. The minimum Gasteiger partial charge on any atom is -0.480 e. The van der Waals surface area contributed by atoms with Crippen LogP contribution in [0.2, 0.25) is 0 Å². The zero-order valence-electron chi connectivity index (χ0n) is 19.4. The van der Waals surface area contributed by atoms with Gasteiger partial charge in [-0.25, -0.2) is 13.9 Å². The number of aliphatic hydroxyl groups excluding tert-OH is 1. The summed E-state index contributed by atoms with van der Waals surface area (Å²) in [7, 11) is -2.94. The number of hydrogen-bond acceptors (Lipinski definition) is 11. The van der Waals surface area contributed by atoms with Crippen LogP contribution in [0, 0.1) is 0 Å². The predicted octanol–water partition coefficient (Wildman–Crippen LogP) is 1.66. The Hall–Kier alpha value is -3.36. The van der Waals surface area contributed by atoms with Crippen molar-refractivity contribution in [2.45, 2.75) is 44.2 Å². The summed E-state index contributed by atoms with van der Waals surface area (Å²) in [4.78, 5) is 23.7. The number of para-hydroxylation sites is 1. The molecule has 4 rings (SSSR count). The van der Waals surface area contributed by atoms with Crippen molar-refractivity contribution in [1.82, 2.24) is 24.6 Å². The predicted molar refractivity (Wildman–Crippen MR) is 125 cm³/mol. The molecule has 0 radical (unpaired) electrons. The lowest BCUT2D eigenvalue weighted by Gasteiger charge is -2.26. The number of anilines is 2. The maximum atomic E-state index is 15.8. The fourth-order valence-electron chi connectivity index (χ4n) is 3.57. The molecule has 0 amide bonds. The highest BCUT2D eigenvalue weighted by atomic mass is 31.2. The number of ether oxygens (including phenoxy) is 1. The third-order valence-corrected chi connectivity index (χ3v) is 7.08. The molecule has 3 aromatic rings. The number of aliphatic carboxylic acids is 1. The fraction of sp³-hybridized carbons (Fsp3) is 0.400. The Balaban J connectivity index is 1.67. The first kappa shape index (κ1) is 25.7. The fourth-order valence-corrected chi connectivity index (χ4v) is 5.15. The van der Waals surface area contributed by atoms with Crippen molar-refractivity contribution < 1.29 is 37.7 Å². The number of alkyl halides is 1. The van der Waals surface area contributed by atoms with Gasteiger partial charge in [-0.05, 0) is 26.0 Å². The number of halogens is 1. The number of carboxylic acids is 1. The molecule has 0 unspecified atom stereocenters. The highest BCUT2D eigenvalue weighted by molar-refractivity contribution is 7.52. The number of rotatable bonds is 9. The second-order valence-electron chi connectivity index (χ2n) is 8.15. The summed E-state index contributed by atoms with van der Waals surface area (Å²) < 4.78 is 47.1. The van der Waals surface area contributed by atoms with E-state index in [4.69, 9.17) is 19.5 Å². The summed E-state index contributed by atoms with van der Waals surface area (Å²) >= 11 is 0. The van der Waals surface area contributed by atoms with Crippen molar-refractivity contribution in [2.75, 3.05) is 18.1 Å². The minimum absolute atomic E-state index is 0.0744. The number of nitrogen functional groups attached to an aromatic ring is 1. The second-order valence-corrected chi connectivity index (χ2v) is 9.80. The molecule has 16 heteroatoms. The van der Waals surface area contributed by atoms with Gasteiger partial charge in [-0.15, -0.1) is 0 Å². The molecule has 6 N–H and O–H groups in total. The summed E-state index contributed by atoms with van der Waals surface area (Å²) in [6.45, 7) is 2.26. The monoisotopic (exact) mass is 525 g/mol. The standard InChI is InChI=1S/C20H25FN7O7P/c1-10(16(30)31)27-36(32,34-11-7-5-4-6-8-11)35-17-13(29)20(2,21)18(33-17)28-9-24-12-14(23-3)25-19(22)26-15(12)28/h4-10,13,17-18,29H,1-3H3,(H,27,32)(H,30,31)(H3,22,23,25,26)/t10-,13+,17+,18+,20+,36+/m0/s1. The van der Waals surface area contributed by atoms with E-state index in [9.17, 15) is 19.6 Å². The summed E-state index contributed by atoms with van der Waals surface area (Å²) in [5.41, 5.74) is 3.62. The van der Waals surface area contributed by atoms with Crippen LogP contribution in [-0.4, -0.2) is 66.9 Å². The van der Waals surface area contributed by atoms with E-state index in [0.717, 1.165) is 6.92 Å². The first-order valence-electron chi connectivity index (χ1n) is 10.7. The van der Waals surface area contributed by atoms with Crippen LogP contribution in [-0.2, 0) is 18.6 Å². The van der Waals surface area contributed by atoms with Crippen molar-refractivity contribution in [2.24, 2.45) is 0 Å². The molecule has 0 bridgehead atoms. The van der Waals surface area contributed by atoms with Crippen LogP contribution in [0.4, 0.5) is 16.2 Å². The molecule has 3 heterocycles. The number of fused-ring (bicyclic) bond motifs is 1.